The standard InChI is InChI=1S/C7H9N3O3/c1-4(6(8)11)10-7(12)5-2-9-13-3-5/h2-4H,1H3,(H2,8,11)(H,10,12). The Morgan fingerprint density at radius 2 is 2.38 bits per heavy atom. The summed E-state index contributed by atoms with van der Waals surface area (Å²) in [5.41, 5.74) is 5.20. The molecule has 0 bridgehead atoms. The van der Waals surface area contributed by atoms with Crippen LogP contribution in [0, 0.1) is 0 Å². The first-order valence-electron chi connectivity index (χ1n) is 3.61. The minimum Gasteiger partial charge on any atom is -0.368 e. The molecule has 0 spiro atoms. The van der Waals surface area contributed by atoms with Gasteiger partial charge in [0.05, 0.1) is 11.8 Å². The van der Waals surface area contributed by atoms with Gasteiger partial charge in [0.1, 0.15) is 12.3 Å². The summed E-state index contributed by atoms with van der Waals surface area (Å²) in [5.74, 6) is -1.03. The summed E-state index contributed by atoms with van der Waals surface area (Å²) < 4.78 is 4.45. The average Bonchev–Trinajstić information content (AvgIpc) is 2.55. The molecule has 1 heterocycles. The molecule has 0 saturated carbocycles. The second-order valence-corrected chi connectivity index (χ2v) is 2.51. The molecule has 0 aliphatic heterocycles. The number of rotatable bonds is 3. The van der Waals surface area contributed by atoms with Gasteiger partial charge in [-0.1, -0.05) is 5.16 Å². The topological polar surface area (TPSA) is 98.2 Å². The van der Waals surface area contributed by atoms with E-state index in [1.165, 1.54) is 19.4 Å². The molecule has 1 atom stereocenters. The summed E-state index contributed by atoms with van der Waals surface area (Å²) in [7, 11) is 0. The van der Waals surface area contributed by atoms with Crippen LogP contribution in [0.15, 0.2) is 17.0 Å². The first-order valence-corrected chi connectivity index (χ1v) is 3.61. The summed E-state index contributed by atoms with van der Waals surface area (Å²) in [4.78, 5) is 21.8. The lowest BCUT2D eigenvalue weighted by Gasteiger charge is -2.07. The monoisotopic (exact) mass is 183 g/mol. The Kier molecular flexibility index (Phi) is 2.63. The maximum absolute atomic E-state index is 11.2. The highest BCUT2D eigenvalue weighted by molar-refractivity contribution is 5.96. The number of hydrogen-bond acceptors (Lipinski definition) is 4. The van der Waals surface area contributed by atoms with Gasteiger partial charge in [-0.05, 0) is 6.92 Å². The summed E-state index contributed by atoms with van der Waals surface area (Å²) in [6.07, 6.45) is 2.44. The zero-order valence-corrected chi connectivity index (χ0v) is 6.98. The maximum Gasteiger partial charge on any atom is 0.256 e. The maximum atomic E-state index is 11.2. The van der Waals surface area contributed by atoms with Crippen molar-refractivity contribution >= 4 is 11.8 Å². The van der Waals surface area contributed by atoms with Crippen LogP contribution in [0.2, 0.25) is 0 Å². The van der Waals surface area contributed by atoms with E-state index >= 15 is 0 Å². The molecular weight excluding hydrogens is 174 g/mol. The number of carbonyl (C=O) groups excluding carboxylic acids is 2. The number of nitrogens with two attached hydrogens (primary N) is 1. The second-order valence-electron chi connectivity index (χ2n) is 2.51. The second kappa shape index (κ2) is 3.70. The molecule has 6 heteroatoms. The molecule has 6 nitrogen and oxygen atoms in total. The van der Waals surface area contributed by atoms with Crippen LogP contribution in [0.25, 0.3) is 0 Å². The number of amides is 2. The van der Waals surface area contributed by atoms with Crippen LogP contribution < -0.4 is 11.1 Å². The van der Waals surface area contributed by atoms with Gasteiger partial charge in [-0.3, -0.25) is 9.59 Å². The lowest BCUT2D eigenvalue weighted by Crippen LogP contribution is -2.42. The van der Waals surface area contributed by atoms with Crippen molar-refractivity contribution in [2.24, 2.45) is 5.73 Å². The molecule has 0 radical (unpaired) electrons. The zero-order valence-electron chi connectivity index (χ0n) is 6.98. The van der Waals surface area contributed by atoms with E-state index in [1.807, 2.05) is 0 Å². The summed E-state index contributed by atoms with van der Waals surface area (Å²) in [6.45, 7) is 1.49. The minimum atomic E-state index is -0.706. The summed E-state index contributed by atoms with van der Waals surface area (Å²) in [6, 6.07) is -0.706. The number of nitrogens with one attached hydrogen (secondary N) is 1. The lowest BCUT2D eigenvalue weighted by atomic mass is 10.3. The molecule has 1 aromatic rings. The first-order chi connectivity index (χ1) is 6.11. The van der Waals surface area contributed by atoms with Crippen LogP contribution in [0.4, 0.5) is 0 Å². The van der Waals surface area contributed by atoms with Crippen LogP contribution in [0.1, 0.15) is 17.3 Å². The van der Waals surface area contributed by atoms with E-state index in [1.54, 1.807) is 0 Å². The van der Waals surface area contributed by atoms with Crippen molar-refractivity contribution in [2.75, 3.05) is 0 Å². The molecule has 70 valence electrons. The van der Waals surface area contributed by atoms with Crippen LogP contribution in [-0.2, 0) is 4.79 Å². The lowest BCUT2D eigenvalue weighted by molar-refractivity contribution is -0.119. The Bertz CT molecular complexity index is 307. The fourth-order valence-electron chi connectivity index (χ4n) is 0.668. The number of carbonyl (C=O) groups is 2. The van der Waals surface area contributed by atoms with Crippen LogP contribution in [0.5, 0.6) is 0 Å². The number of aromatic nitrogens is 1. The highest BCUT2D eigenvalue weighted by Crippen LogP contribution is 1.96. The van der Waals surface area contributed by atoms with Crippen molar-refractivity contribution in [3.8, 4) is 0 Å². The molecule has 1 aromatic heterocycles. The van der Waals surface area contributed by atoms with E-state index < -0.39 is 17.9 Å². The Hall–Kier alpha value is -1.85. The van der Waals surface area contributed by atoms with Gasteiger partial charge < -0.3 is 15.6 Å². The van der Waals surface area contributed by atoms with Gasteiger partial charge in [-0.25, -0.2) is 0 Å². The van der Waals surface area contributed by atoms with Crippen molar-refractivity contribution < 1.29 is 14.1 Å². The summed E-state index contributed by atoms with van der Waals surface area (Å²) in [5, 5.41) is 5.71. The van der Waals surface area contributed by atoms with E-state index in [2.05, 4.69) is 15.0 Å². The van der Waals surface area contributed by atoms with Crippen molar-refractivity contribution in [1.29, 1.82) is 0 Å². The quantitative estimate of drug-likeness (QED) is 0.645. The smallest absolute Gasteiger partial charge is 0.256 e. The van der Waals surface area contributed by atoms with Crippen LogP contribution in [-0.4, -0.2) is 23.0 Å². The summed E-state index contributed by atoms with van der Waals surface area (Å²) >= 11 is 0. The van der Waals surface area contributed by atoms with Crippen LogP contribution >= 0.6 is 0 Å². The molecule has 13 heavy (non-hydrogen) atoms. The molecule has 0 saturated heterocycles. The normalized spacial score (nSPS) is 12.1. The molecular formula is C7H9N3O3. The third-order valence-corrected chi connectivity index (χ3v) is 1.47. The molecule has 0 aliphatic carbocycles. The molecule has 1 unspecified atom stereocenters. The molecule has 1 rings (SSSR count). The highest BCUT2D eigenvalue weighted by atomic mass is 16.5. The van der Waals surface area contributed by atoms with Gasteiger partial charge in [-0.2, -0.15) is 0 Å². The van der Waals surface area contributed by atoms with Crippen molar-refractivity contribution in [3.63, 3.8) is 0 Å². The van der Waals surface area contributed by atoms with E-state index in [4.69, 9.17) is 5.73 Å². The van der Waals surface area contributed by atoms with Crippen molar-refractivity contribution in [3.05, 3.63) is 18.0 Å². The van der Waals surface area contributed by atoms with Gasteiger partial charge in [0.15, 0.2) is 0 Å². The fraction of sp³-hybridized carbons (Fsp3) is 0.286. The van der Waals surface area contributed by atoms with Gasteiger partial charge in [-0.15, -0.1) is 0 Å². The Morgan fingerprint density at radius 1 is 1.69 bits per heavy atom. The average molecular weight is 183 g/mol. The van der Waals surface area contributed by atoms with Gasteiger partial charge in [0.25, 0.3) is 5.91 Å². The van der Waals surface area contributed by atoms with Gasteiger partial charge >= 0.3 is 0 Å². The first kappa shape index (κ1) is 9.24. The van der Waals surface area contributed by atoms with Gasteiger partial charge in [0, 0.05) is 0 Å². The molecule has 3 N–H and O–H groups in total. The highest BCUT2D eigenvalue weighted by Gasteiger charge is 2.14. The molecule has 0 fully saturated rings. The number of primary amides is 1. The Morgan fingerprint density at radius 3 is 2.85 bits per heavy atom. The molecule has 0 aliphatic rings. The zero-order chi connectivity index (χ0) is 9.84. The van der Waals surface area contributed by atoms with E-state index in [0.29, 0.717) is 0 Å². The van der Waals surface area contributed by atoms with Crippen LogP contribution in [0.3, 0.4) is 0 Å². The minimum absolute atomic E-state index is 0.258. The third-order valence-electron chi connectivity index (χ3n) is 1.47. The van der Waals surface area contributed by atoms with E-state index in [9.17, 15) is 9.59 Å². The van der Waals surface area contributed by atoms with Gasteiger partial charge in [0.2, 0.25) is 5.91 Å². The predicted octanol–water partition coefficient (Wildman–Crippen LogP) is -0.722. The van der Waals surface area contributed by atoms with E-state index in [-0.39, 0.29) is 5.56 Å². The predicted molar refractivity (Wildman–Crippen MR) is 42.6 cm³/mol. The third kappa shape index (κ3) is 2.29. The Labute approximate surface area is 74.1 Å². The fourth-order valence-corrected chi connectivity index (χ4v) is 0.668. The van der Waals surface area contributed by atoms with Crippen molar-refractivity contribution in [1.82, 2.24) is 10.5 Å². The number of nitrogens with zero attached hydrogens (tertiary/aromatic N) is 1. The Balaban J connectivity index is 2.56. The molecule has 0 aromatic carbocycles. The van der Waals surface area contributed by atoms with E-state index in [0.717, 1.165) is 0 Å². The van der Waals surface area contributed by atoms with Crippen molar-refractivity contribution in [2.45, 2.75) is 13.0 Å². The SMILES string of the molecule is CC(NC(=O)c1cnoc1)C(N)=O. The number of hydrogen-bond donors (Lipinski definition) is 2. The molecule has 2 amide bonds. The largest absolute Gasteiger partial charge is 0.368 e.